The van der Waals surface area contributed by atoms with Crippen LogP contribution in [0.5, 0.6) is 0 Å². The SMILES string of the molecule is C=CC(=O)NC1CC2CN(S(=O)(=O)c3cccc(NC(=O)OCc4ccccc4)c3)CC2S1. The molecule has 0 radical (unpaired) electrons. The highest BCUT2D eigenvalue weighted by Crippen LogP contribution is 2.43. The van der Waals surface area contributed by atoms with Crippen molar-refractivity contribution in [3.8, 4) is 0 Å². The minimum absolute atomic E-state index is 0.0234. The summed E-state index contributed by atoms with van der Waals surface area (Å²) in [5, 5.41) is 5.57. The van der Waals surface area contributed by atoms with Gasteiger partial charge in [-0.25, -0.2) is 13.2 Å². The normalized spacial score (nSPS) is 22.4. The predicted octanol–water partition coefficient (Wildman–Crippen LogP) is 3.19. The van der Waals surface area contributed by atoms with E-state index in [1.54, 1.807) is 23.9 Å². The third-order valence-corrected chi connectivity index (χ3v) is 8.97. The van der Waals surface area contributed by atoms with Crippen LogP contribution in [0.4, 0.5) is 10.5 Å². The van der Waals surface area contributed by atoms with Crippen molar-refractivity contribution >= 4 is 39.5 Å². The summed E-state index contributed by atoms with van der Waals surface area (Å²) >= 11 is 1.60. The van der Waals surface area contributed by atoms with Gasteiger partial charge in [-0.3, -0.25) is 10.1 Å². The second-order valence-electron chi connectivity index (χ2n) is 7.91. The van der Waals surface area contributed by atoms with E-state index < -0.39 is 16.1 Å². The third kappa shape index (κ3) is 5.58. The van der Waals surface area contributed by atoms with Gasteiger partial charge in [-0.15, -0.1) is 11.8 Å². The largest absolute Gasteiger partial charge is 0.444 e. The van der Waals surface area contributed by atoms with E-state index in [1.165, 1.54) is 22.5 Å². The van der Waals surface area contributed by atoms with Crippen molar-refractivity contribution < 1.29 is 22.7 Å². The average Bonchev–Trinajstić information content (AvgIpc) is 3.38. The molecule has 2 aliphatic heterocycles. The fraction of sp³-hybridized carbons (Fsp3) is 0.304. The molecule has 3 unspecified atom stereocenters. The first-order chi connectivity index (χ1) is 15.8. The Kier molecular flexibility index (Phi) is 7.06. The third-order valence-electron chi connectivity index (χ3n) is 5.62. The molecular formula is C23H25N3O5S2. The molecule has 2 heterocycles. The number of sulfonamides is 1. The van der Waals surface area contributed by atoms with Crippen molar-refractivity contribution in [2.45, 2.75) is 28.5 Å². The van der Waals surface area contributed by atoms with Crippen LogP contribution in [0.15, 0.2) is 72.1 Å². The van der Waals surface area contributed by atoms with Gasteiger partial charge in [0.05, 0.1) is 10.3 Å². The molecule has 174 valence electrons. The standard InChI is InChI=1S/C23H25N3O5S2/c1-2-21(27)25-22-11-17-13-26(14-20(17)32-22)33(29,30)19-10-6-9-18(12-19)24-23(28)31-15-16-7-4-3-5-8-16/h2-10,12,17,20,22H,1,11,13-15H2,(H,24,28)(H,25,27). The molecule has 0 bridgehead atoms. The summed E-state index contributed by atoms with van der Waals surface area (Å²) in [6, 6.07) is 15.4. The molecule has 2 fully saturated rings. The molecule has 0 saturated carbocycles. The summed E-state index contributed by atoms with van der Waals surface area (Å²) in [4.78, 5) is 23.8. The monoisotopic (exact) mass is 487 g/mol. The van der Waals surface area contributed by atoms with E-state index >= 15 is 0 Å². The van der Waals surface area contributed by atoms with Crippen molar-refractivity contribution in [3.05, 3.63) is 72.8 Å². The molecule has 33 heavy (non-hydrogen) atoms. The fourth-order valence-corrected chi connectivity index (χ4v) is 7.31. The van der Waals surface area contributed by atoms with Gasteiger partial charge in [-0.2, -0.15) is 4.31 Å². The zero-order valence-corrected chi connectivity index (χ0v) is 19.5. The Labute approximate surface area is 197 Å². The number of hydrogen-bond donors (Lipinski definition) is 2. The topological polar surface area (TPSA) is 105 Å². The summed E-state index contributed by atoms with van der Waals surface area (Å²) in [6.45, 7) is 4.36. The van der Waals surface area contributed by atoms with Crippen LogP contribution in [0.25, 0.3) is 0 Å². The van der Waals surface area contributed by atoms with Crippen LogP contribution in [0, 0.1) is 5.92 Å². The molecule has 2 aliphatic rings. The van der Waals surface area contributed by atoms with Crippen LogP contribution in [0.1, 0.15) is 12.0 Å². The van der Waals surface area contributed by atoms with Crippen LogP contribution >= 0.6 is 11.8 Å². The Morgan fingerprint density at radius 1 is 1.15 bits per heavy atom. The quantitative estimate of drug-likeness (QED) is 0.581. The van der Waals surface area contributed by atoms with Gasteiger partial charge in [0.15, 0.2) is 0 Å². The molecule has 2 N–H and O–H groups in total. The van der Waals surface area contributed by atoms with Crippen LogP contribution in [-0.2, 0) is 26.2 Å². The lowest BCUT2D eigenvalue weighted by Gasteiger charge is -2.19. The Morgan fingerprint density at radius 3 is 2.67 bits per heavy atom. The maximum Gasteiger partial charge on any atom is 0.411 e. The Bertz CT molecular complexity index is 1130. The summed E-state index contributed by atoms with van der Waals surface area (Å²) in [5.74, 6) is -0.0438. The molecule has 2 aromatic rings. The van der Waals surface area contributed by atoms with Gasteiger partial charge in [0.1, 0.15) is 6.61 Å². The molecule has 2 amide bonds. The van der Waals surface area contributed by atoms with Gasteiger partial charge < -0.3 is 10.1 Å². The van der Waals surface area contributed by atoms with E-state index in [0.717, 1.165) is 12.0 Å². The second kappa shape index (κ2) is 9.98. The van der Waals surface area contributed by atoms with E-state index in [1.807, 2.05) is 30.3 Å². The van der Waals surface area contributed by atoms with Gasteiger partial charge in [-0.1, -0.05) is 43.0 Å². The highest BCUT2D eigenvalue weighted by Gasteiger charge is 2.45. The lowest BCUT2D eigenvalue weighted by Crippen LogP contribution is -2.33. The van der Waals surface area contributed by atoms with Gasteiger partial charge in [0, 0.05) is 24.0 Å². The smallest absolute Gasteiger partial charge is 0.411 e. The van der Waals surface area contributed by atoms with Crippen LogP contribution in [0.2, 0.25) is 0 Å². The first kappa shape index (κ1) is 23.3. The highest BCUT2D eigenvalue weighted by atomic mass is 32.2. The fourth-order valence-electron chi connectivity index (χ4n) is 3.99. The molecular weight excluding hydrogens is 462 g/mol. The van der Waals surface area contributed by atoms with Gasteiger partial charge in [0.2, 0.25) is 15.9 Å². The lowest BCUT2D eigenvalue weighted by molar-refractivity contribution is -0.116. The van der Waals surface area contributed by atoms with Gasteiger partial charge >= 0.3 is 6.09 Å². The zero-order valence-electron chi connectivity index (χ0n) is 17.8. The van der Waals surface area contributed by atoms with E-state index in [4.69, 9.17) is 4.74 Å². The number of amides is 2. The highest BCUT2D eigenvalue weighted by molar-refractivity contribution is 8.00. The Balaban J connectivity index is 1.35. The van der Waals surface area contributed by atoms with Crippen molar-refractivity contribution in [3.63, 3.8) is 0 Å². The van der Waals surface area contributed by atoms with E-state index in [2.05, 4.69) is 17.2 Å². The van der Waals surface area contributed by atoms with Crippen LogP contribution < -0.4 is 10.6 Å². The van der Waals surface area contributed by atoms with Crippen molar-refractivity contribution in [2.75, 3.05) is 18.4 Å². The summed E-state index contributed by atoms with van der Waals surface area (Å²) < 4.78 is 33.1. The van der Waals surface area contributed by atoms with Gasteiger partial charge in [-0.05, 0) is 42.2 Å². The summed E-state index contributed by atoms with van der Waals surface area (Å²) in [5.41, 5.74) is 1.20. The molecule has 10 heteroatoms. The number of ether oxygens (including phenoxy) is 1. The van der Waals surface area contributed by atoms with Crippen molar-refractivity contribution in [2.24, 2.45) is 5.92 Å². The second-order valence-corrected chi connectivity index (χ2v) is 11.3. The van der Waals surface area contributed by atoms with E-state index in [0.29, 0.717) is 18.8 Å². The number of fused-ring (bicyclic) bond motifs is 1. The van der Waals surface area contributed by atoms with E-state index in [-0.39, 0.29) is 34.0 Å². The molecule has 8 nitrogen and oxygen atoms in total. The maximum absolute atomic E-state index is 13.2. The summed E-state index contributed by atoms with van der Waals surface area (Å²) in [7, 11) is -3.72. The number of carbonyl (C=O) groups excluding carboxylic acids is 2. The molecule has 3 atom stereocenters. The molecule has 0 aromatic heterocycles. The number of anilines is 1. The summed E-state index contributed by atoms with van der Waals surface area (Å²) in [6.07, 6.45) is 1.30. The number of carbonyl (C=O) groups is 2. The lowest BCUT2D eigenvalue weighted by atomic mass is 10.1. The molecule has 0 spiro atoms. The minimum Gasteiger partial charge on any atom is -0.444 e. The first-order valence-corrected chi connectivity index (χ1v) is 12.9. The number of rotatable bonds is 7. The molecule has 2 saturated heterocycles. The number of benzene rings is 2. The van der Waals surface area contributed by atoms with Crippen molar-refractivity contribution in [1.29, 1.82) is 0 Å². The number of hydrogen-bond acceptors (Lipinski definition) is 6. The number of thioether (sulfide) groups is 1. The van der Waals surface area contributed by atoms with Crippen LogP contribution in [-0.4, -0.2) is 48.4 Å². The Hall–Kier alpha value is -2.82. The minimum atomic E-state index is -3.72. The zero-order chi connectivity index (χ0) is 23.4. The van der Waals surface area contributed by atoms with Gasteiger partial charge in [0.25, 0.3) is 0 Å². The number of nitrogens with zero attached hydrogens (tertiary/aromatic N) is 1. The molecule has 4 rings (SSSR count). The number of nitrogens with one attached hydrogen (secondary N) is 2. The molecule has 0 aliphatic carbocycles. The first-order valence-electron chi connectivity index (χ1n) is 10.5. The van der Waals surface area contributed by atoms with E-state index in [9.17, 15) is 18.0 Å². The predicted molar refractivity (Wildman–Crippen MR) is 127 cm³/mol. The maximum atomic E-state index is 13.2. The van der Waals surface area contributed by atoms with Crippen LogP contribution in [0.3, 0.4) is 0 Å². The molecule has 2 aromatic carbocycles. The average molecular weight is 488 g/mol. The Morgan fingerprint density at radius 2 is 1.94 bits per heavy atom. The van der Waals surface area contributed by atoms with Crippen molar-refractivity contribution in [1.82, 2.24) is 9.62 Å².